The van der Waals surface area contributed by atoms with Crippen LogP contribution in [0.3, 0.4) is 0 Å². The van der Waals surface area contributed by atoms with Crippen LogP contribution in [0, 0.1) is 0 Å². The van der Waals surface area contributed by atoms with Gasteiger partial charge in [0.2, 0.25) is 0 Å². The molecule has 2 N–H and O–H groups in total. The molecule has 0 aromatic carbocycles. The van der Waals surface area contributed by atoms with Gasteiger partial charge in [0.05, 0.1) is 0 Å². The third-order valence-corrected chi connectivity index (χ3v) is 6.09. The van der Waals surface area contributed by atoms with Crippen LogP contribution in [0.2, 0.25) is 0 Å². The monoisotopic (exact) mass is 331 g/mol. The lowest BCUT2D eigenvalue weighted by molar-refractivity contribution is 0.0960. The van der Waals surface area contributed by atoms with Crippen LogP contribution in [0.15, 0.2) is 0 Å². The third kappa shape index (κ3) is 6.65. The highest BCUT2D eigenvalue weighted by molar-refractivity contribution is 7.86. The number of hydrogen-bond donors (Lipinski definition) is 2. The van der Waals surface area contributed by atoms with E-state index in [0.29, 0.717) is 18.8 Å². The van der Waals surface area contributed by atoms with Gasteiger partial charge in [-0.05, 0) is 60.5 Å². The number of piperidine rings is 1. The number of rotatable bonds is 6. The third-order valence-electron chi connectivity index (χ3n) is 4.15. The van der Waals surface area contributed by atoms with Crippen molar-refractivity contribution in [2.45, 2.75) is 64.2 Å². The van der Waals surface area contributed by atoms with Gasteiger partial charge >= 0.3 is 6.03 Å². The maximum absolute atomic E-state index is 11.9. The molecule has 1 fully saturated rings. The smallest absolute Gasteiger partial charge is 0.314 e. The number of carbonyl (C=O) groups excluding carboxylic acids is 1. The van der Waals surface area contributed by atoms with Gasteiger partial charge in [-0.1, -0.05) is 6.42 Å². The van der Waals surface area contributed by atoms with Gasteiger partial charge < -0.3 is 10.6 Å². The lowest BCUT2D eigenvalue weighted by atomic mass is 9.98. The molecular weight excluding hydrogens is 298 g/mol. The van der Waals surface area contributed by atoms with Crippen LogP contribution in [0.25, 0.3) is 0 Å². The zero-order chi connectivity index (χ0) is 16.8. The lowest BCUT2D eigenvalue weighted by Crippen LogP contribution is -2.54. The molecule has 2 amide bonds. The minimum absolute atomic E-state index is 0.0218. The van der Waals surface area contributed by atoms with Gasteiger partial charge in [0.1, 0.15) is 0 Å². The average molecular weight is 332 g/mol. The Kier molecular flexibility index (Phi) is 7.32. The summed E-state index contributed by atoms with van der Waals surface area (Å²) in [4.78, 5) is 14.3. The molecule has 1 aliphatic rings. The molecule has 0 bridgehead atoms. The second-order valence-corrected chi connectivity index (χ2v) is 9.96. The molecule has 0 aromatic rings. The predicted molar refractivity (Wildman–Crippen MR) is 93.7 cm³/mol. The zero-order valence-electron chi connectivity index (χ0n) is 14.8. The van der Waals surface area contributed by atoms with Gasteiger partial charge in [-0.25, -0.2) is 4.79 Å². The molecule has 0 spiro atoms. The van der Waals surface area contributed by atoms with Crippen molar-refractivity contribution in [1.29, 1.82) is 0 Å². The molecule has 5 nitrogen and oxygen atoms in total. The predicted octanol–water partition coefficient (Wildman–Crippen LogP) is 2.10. The summed E-state index contributed by atoms with van der Waals surface area (Å²) in [6, 6.07) is -0.170. The van der Waals surface area contributed by atoms with Crippen LogP contribution in [-0.2, 0) is 10.8 Å². The summed E-state index contributed by atoms with van der Waals surface area (Å²) in [7, 11) is -0.929. The second-order valence-electron chi connectivity index (χ2n) is 7.63. The van der Waals surface area contributed by atoms with Crippen molar-refractivity contribution in [1.82, 2.24) is 15.5 Å². The van der Waals surface area contributed by atoms with Crippen molar-refractivity contribution in [2.24, 2.45) is 0 Å². The molecule has 6 heteroatoms. The van der Waals surface area contributed by atoms with E-state index in [-0.39, 0.29) is 16.3 Å². The van der Waals surface area contributed by atoms with E-state index >= 15 is 0 Å². The summed E-state index contributed by atoms with van der Waals surface area (Å²) in [5.74, 6) is 0.492. The summed E-state index contributed by atoms with van der Waals surface area (Å²) < 4.78 is 11.7. The number of likely N-dealkylation sites (tertiary alicyclic amines) is 1. The van der Waals surface area contributed by atoms with Gasteiger partial charge in [-0.15, -0.1) is 0 Å². The highest BCUT2D eigenvalue weighted by Crippen LogP contribution is 2.19. The summed E-state index contributed by atoms with van der Waals surface area (Å²) in [5, 5.41) is 5.74. The highest BCUT2D eigenvalue weighted by atomic mass is 32.2. The Bertz CT molecular complexity index is 385. The molecule has 1 atom stereocenters. The molecule has 0 radical (unpaired) electrons. The van der Waals surface area contributed by atoms with Crippen molar-refractivity contribution in [3.63, 3.8) is 0 Å². The van der Waals surface area contributed by atoms with Crippen LogP contribution in [0.1, 0.15) is 53.9 Å². The summed E-state index contributed by atoms with van der Waals surface area (Å²) >= 11 is 0. The lowest BCUT2D eigenvalue weighted by Gasteiger charge is -2.41. The minimum atomic E-state index is -0.929. The number of hydrogen-bond acceptors (Lipinski definition) is 3. The SMILES string of the molecule is CC(C)(CNC(=O)NCC[S@](=O)C(C)(C)C)N1CCCCC1. The highest BCUT2D eigenvalue weighted by Gasteiger charge is 2.28. The first kappa shape index (κ1) is 19.4. The van der Waals surface area contributed by atoms with E-state index in [2.05, 4.69) is 29.4 Å². The van der Waals surface area contributed by atoms with Gasteiger partial charge in [-0.3, -0.25) is 9.11 Å². The number of nitrogens with one attached hydrogen (secondary N) is 2. The number of nitrogens with zero attached hydrogens (tertiary/aromatic N) is 1. The Labute approximate surface area is 138 Å². The van der Waals surface area contributed by atoms with E-state index in [1.807, 2.05) is 20.8 Å². The molecule has 0 aromatic heterocycles. The van der Waals surface area contributed by atoms with E-state index in [0.717, 1.165) is 13.1 Å². The fourth-order valence-electron chi connectivity index (χ4n) is 2.53. The topological polar surface area (TPSA) is 61.4 Å². The van der Waals surface area contributed by atoms with Crippen molar-refractivity contribution in [2.75, 3.05) is 31.9 Å². The van der Waals surface area contributed by atoms with Crippen molar-refractivity contribution >= 4 is 16.8 Å². The van der Waals surface area contributed by atoms with E-state index in [1.165, 1.54) is 19.3 Å². The number of carbonyl (C=O) groups is 1. The van der Waals surface area contributed by atoms with E-state index in [1.54, 1.807) is 0 Å². The maximum Gasteiger partial charge on any atom is 0.314 e. The molecule has 1 aliphatic heterocycles. The van der Waals surface area contributed by atoms with Crippen LogP contribution in [-0.4, -0.2) is 57.4 Å². The molecule has 1 heterocycles. The van der Waals surface area contributed by atoms with E-state index < -0.39 is 10.8 Å². The number of amides is 2. The molecule has 1 rings (SSSR count). The van der Waals surface area contributed by atoms with Crippen LogP contribution in [0.4, 0.5) is 4.79 Å². The Morgan fingerprint density at radius 1 is 1.05 bits per heavy atom. The Morgan fingerprint density at radius 2 is 1.64 bits per heavy atom. The fraction of sp³-hybridized carbons (Fsp3) is 0.938. The summed E-state index contributed by atoms with van der Waals surface area (Å²) in [5.41, 5.74) is -0.0218. The first-order valence-electron chi connectivity index (χ1n) is 8.28. The van der Waals surface area contributed by atoms with Crippen LogP contribution in [0.5, 0.6) is 0 Å². The van der Waals surface area contributed by atoms with Crippen LogP contribution < -0.4 is 10.6 Å². The largest absolute Gasteiger partial charge is 0.337 e. The average Bonchev–Trinajstić information content (AvgIpc) is 2.45. The van der Waals surface area contributed by atoms with Gasteiger partial charge in [0.25, 0.3) is 0 Å². The van der Waals surface area contributed by atoms with Gasteiger partial charge in [-0.2, -0.15) is 0 Å². The molecule has 0 aliphatic carbocycles. The van der Waals surface area contributed by atoms with Crippen molar-refractivity contribution in [3.05, 3.63) is 0 Å². The van der Waals surface area contributed by atoms with Gasteiger partial charge in [0.15, 0.2) is 0 Å². The molecule has 130 valence electrons. The summed E-state index contributed by atoms with van der Waals surface area (Å²) in [6.07, 6.45) is 3.80. The Hall–Kier alpha value is -0.620. The zero-order valence-corrected chi connectivity index (χ0v) is 15.6. The quantitative estimate of drug-likeness (QED) is 0.783. The van der Waals surface area contributed by atoms with Crippen LogP contribution >= 0.6 is 0 Å². The standard InChI is InChI=1S/C16H33N3O2S/c1-15(2,3)22(21)12-9-17-14(20)18-13-16(4,5)19-10-7-6-8-11-19/h6-13H2,1-5H3,(H2,17,18,20)/t22-/m0/s1. The van der Waals surface area contributed by atoms with Gasteiger partial charge in [0, 0.05) is 39.9 Å². The molecule has 22 heavy (non-hydrogen) atoms. The fourth-order valence-corrected chi connectivity index (χ4v) is 3.43. The van der Waals surface area contributed by atoms with Crippen molar-refractivity contribution < 1.29 is 9.00 Å². The number of urea groups is 1. The summed E-state index contributed by atoms with van der Waals surface area (Å²) in [6.45, 7) is 13.5. The molecular formula is C16H33N3O2S. The second kappa shape index (κ2) is 8.29. The van der Waals surface area contributed by atoms with Crippen molar-refractivity contribution in [3.8, 4) is 0 Å². The Balaban J connectivity index is 2.26. The molecule has 0 saturated carbocycles. The van der Waals surface area contributed by atoms with E-state index in [9.17, 15) is 9.00 Å². The molecule has 0 unspecified atom stereocenters. The Morgan fingerprint density at radius 3 is 2.18 bits per heavy atom. The first-order chi connectivity index (χ1) is 10.1. The normalized spacial score (nSPS) is 18.8. The van der Waals surface area contributed by atoms with E-state index in [4.69, 9.17) is 0 Å². The maximum atomic E-state index is 11.9. The first-order valence-corrected chi connectivity index (χ1v) is 9.60. The minimum Gasteiger partial charge on any atom is -0.337 e. The molecule has 1 saturated heterocycles.